The van der Waals surface area contributed by atoms with Gasteiger partial charge in [0.25, 0.3) is 0 Å². The Balaban J connectivity index is 1.49. The summed E-state index contributed by atoms with van der Waals surface area (Å²) in [5.41, 5.74) is -4.02. The summed E-state index contributed by atoms with van der Waals surface area (Å²) in [5, 5.41) is 0. The molecule has 2 spiro atoms. The quantitative estimate of drug-likeness (QED) is 0.322. The van der Waals surface area contributed by atoms with Gasteiger partial charge >= 0.3 is 17.9 Å². The third kappa shape index (κ3) is 2.43. The fraction of sp³-hybridized carbons (Fsp3) is 0.643. The molecule has 1 aromatic rings. The number of fused-ring (bicyclic) bond motifs is 1. The van der Waals surface area contributed by atoms with E-state index in [0.717, 1.165) is 0 Å². The van der Waals surface area contributed by atoms with Gasteiger partial charge in [-0.15, -0.1) is 0 Å². The average molecular weight is 527 g/mol. The lowest BCUT2D eigenvalue weighted by Gasteiger charge is -2.63. The van der Waals surface area contributed by atoms with Crippen LogP contribution < -0.4 is 0 Å². The van der Waals surface area contributed by atoms with Crippen LogP contribution in [0.2, 0.25) is 0 Å². The molecule has 0 amide bonds. The van der Waals surface area contributed by atoms with Gasteiger partial charge in [0.15, 0.2) is 11.9 Å². The zero-order valence-electron chi connectivity index (χ0n) is 22.0. The lowest BCUT2D eigenvalue weighted by Crippen LogP contribution is -2.71. The van der Waals surface area contributed by atoms with Crippen LogP contribution >= 0.6 is 0 Å². The molecule has 5 fully saturated rings. The third-order valence-electron chi connectivity index (χ3n) is 10.4. The standard InChI is InChI=1S/C28H30O10/c1-13(29)35-18-19-24(2,3)37-16-10-17(30)34-12-27(16,19)15-6-8-25(4)21(14-7-9-33-11-14)36-23(32)22-28(25,38-22)26(15,5)20(18)31/h7,9,11,15-16,21-22H,6,8,10,12H2,1-5H3/t15-,16-,21+,22+,25-,26-,27-,28+/m0/s1. The highest BCUT2D eigenvalue weighted by Crippen LogP contribution is 2.79. The van der Waals surface area contributed by atoms with Gasteiger partial charge in [-0.2, -0.15) is 0 Å². The minimum Gasteiger partial charge on any atom is -0.472 e. The maximum absolute atomic E-state index is 14.8. The van der Waals surface area contributed by atoms with Crippen LogP contribution in [0.1, 0.15) is 65.5 Å². The minimum atomic E-state index is -1.31. The van der Waals surface area contributed by atoms with Gasteiger partial charge in [0.1, 0.15) is 18.3 Å². The number of epoxide rings is 1. The van der Waals surface area contributed by atoms with E-state index >= 15 is 0 Å². The van der Waals surface area contributed by atoms with E-state index in [1.165, 1.54) is 13.2 Å². The van der Waals surface area contributed by atoms with E-state index < -0.39 is 69.4 Å². The van der Waals surface area contributed by atoms with Gasteiger partial charge in [-0.3, -0.25) is 14.4 Å². The molecule has 0 unspecified atom stereocenters. The number of allylic oxidation sites excluding steroid dienone is 1. The van der Waals surface area contributed by atoms with Crippen molar-refractivity contribution in [3.05, 3.63) is 35.5 Å². The molecule has 0 bridgehead atoms. The molecule has 5 heterocycles. The van der Waals surface area contributed by atoms with Crippen molar-refractivity contribution in [2.75, 3.05) is 6.61 Å². The van der Waals surface area contributed by atoms with E-state index in [1.807, 2.05) is 27.7 Å². The van der Waals surface area contributed by atoms with Gasteiger partial charge in [0, 0.05) is 23.5 Å². The van der Waals surface area contributed by atoms with Crippen LogP contribution in [0.15, 0.2) is 34.3 Å². The largest absolute Gasteiger partial charge is 0.472 e. The van der Waals surface area contributed by atoms with Crippen LogP contribution in [0, 0.1) is 22.2 Å². The molecule has 0 N–H and O–H groups in total. The van der Waals surface area contributed by atoms with Gasteiger partial charge in [-0.05, 0) is 45.6 Å². The number of hydrogen-bond donors (Lipinski definition) is 0. The van der Waals surface area contributed by atoms with Crippen LogP contribution in [0.4, 0.5) is 0 Å². The second-order valence-electron chi connectivity index (χ2n) is 12.5. The molecule has 10 nitrogen and oxygen atoms in total. The van der Waals surface area contributed by atoms with E-state index in [-0.39, 0.29) is 24.8 Å². The number of rotatable bonds is 2. The van der Waals surface area contributed by atoms with Crippen molar-refractivity contribution in [3.63, 3.8) is 0 Å². The Morgan fingerprint density at radius 1 is 1.08 bits per heavy atom. The zero-order chi connectivity index (χ0) is 27.0. The SMILES string of the molecule is CC(=O)OC1=C2C(C)(C)O[C@H]3CC(=O)OC[C@@]23[C@H]2CC[C@@]3(C)[C@@H](c4ccoc4)OC(=O)[C@H]4O[C@]43[C@]2(C)C1=O. The van der Waals surface area contributed by atoms with Gasteiger partial charge in [-0.1, -0.05) is 6.92 Å². The highest BCUT2D eigenvalue weighted by molar-refractivity contribution is 6.05. The molecule has 38 heavy (non-hydrogen) atoms. The number of hydrogen-bond acceptors (Lipinski definition) is 10. The first-order valence-corrected chi connectivity index (χ1v) is 13.1. The molecule has 4 aliphatic heterocycles. The topological polar surface area (TPSA) is 131 Å². The van der Waals surface area contributed by atoms with E-state index in [2.05, 4.69) is 0 Å². The summed E-state index contributed by atoms with van der Waals surface area (Å²) in [7, 11) is 0. The van der Waals surface area contributed by atoms with Crippen LogP contribution in [0.3, 0.4) is 0 Å². The molecular weight excluding hydrogens is 496 g/mol. The Kier molecular flexibility index (Phi) is 4.41. The number of carbonyl (C=O) groups is 4. The zero-order valence-corrected chi connectivity index (χ0v) is 22.0. The summed E-state index contributed by atoms with van der Waals surface area (Å²) < 4.78 is 35.5. The first-order chi connectivity index (χ1) is 17.8. The first kappa shape index (κ1) is 24.1. The van der Waals surface area contributed by atoms with Gasteiger partial charge in [0.05, 0.1) is 41.5 Å². The van der Waals surface area contributed by atoms with Crippen molar-refractivity contribution >= 4 is 23.7 Å². The number of ether oxygens (including phenoxy) is 5. The Hall–Kier alpha value is -2.98. The van der Waals surface area contributed by atoms with E-state index in [4.69, 9.17) is 28.1 Å². The van der Waals surface area contributed by atoms with Gasteiger partial charge in [0.2, 0.25) is 5.78 Å². The van der Waals surface area contributed by atoms with Crippen molar-refractivity contribution in [2.24, 2.45) is 22.2 Å². The number of Topliss-reactive ketones (excluding diaryl/α,β-unsaturated/α-hetero) is 1. The summed E-state index contributed by atoms with van der Waals surface area (Å²) in [6.07, 6.45) is 1.94. The molecule has 10 heteroatoms. The van der Waals surface area contributed by atoms with Crippen molar-refractivity contribution in [2.45, 2.75) is 83.4 Å². The Morgan fingerprint density at radius 2 is 1.84 bits per heavy atom. The minimum absolute atomic E-state index is 0.00922. The van der Waals surface area contributed by atoms with E-state index in [9.17, 15) is 19.2 Å². The van der Waals surface area contributed by atoms with Gasteiger partial charge < -0.3 is 28.1 Å². The number of furan rings is 1. The summed E-state index contributed by atoms with van der Waals surface area (Å²) in [5.74, 6) is -2.47. The third-order valence-corrected chi connectivity index (χ3v) is 10.4. The lowest BCUT2D eigenvalue weighted by molar-refractivity contribution is -0.213. The van der Waals surface area contributed by atoms with E-state index in [0.29, 0.717) is 24.0 Å². The summed E-state index contributed by atoms with van der Waals surface area (Å²) in [4.78, 5) is 52.9. The fourth-order valence-electron chi connectivity index (χ4n) is 9.17. The van der Waals surface area contributed by atoms with Crippen LogP contribution in [-0.2, 0) is 42.9 Å². The lowest BCUT2D eigenvalue weighted by atomic mass is 9.39. The number of cyclic esters (lactones) is 2. The molecule has 4 saturated heterocycles. The first-order valence-electron chi connectivity index (χ1n) is 13.1. The van der Waals surface area contributed by atoms with Crippen LogP contribution in [0.25, 0.3) is 0 Å². The number of carbonyl (C=O) groups excluding carboxylic acids is 4. The Bertz CT molecular complexity index is 1340. The molecule has 6 aliphatic rings. The van der Waals surface area contributed by atoms with E-state index in [1.54, 1.807) is 12.3 Å². The predicted octanol–water partition coefficient (Wildman–Crippen LogP) is 2.95. The molecule has 202 valence electrons. The molecule has 1 saturated carbocycles. The Labute approximate surface area is 218 Å². The van der Waals surface area contributed by atoms with Crippen LogP contribution in [-0.4, -0.2) is 53.7 Å². The molecule has 1 aromatic heterocycles. The summed E-state index contributed by atoms with van der Waals surface area (Å²) >= 11 is 0. The smallest absolute Gasteiger partial charge is 0.339 e. The maximum atomic E-state index is 14.8. The van der Waals surface area contributed by atoms with Gasteiger partial charge in [-0.25, -0.2) is 4.79 Å². The molecule has 8 atom stereocenters. The summed E-state index contributed by atoms with van der Waals surface area (Å²) in [6, 6.07) is 1.75. The Morgan fingerprint density at radius 3 is 2.53 bits per heavy atom. The second-order valence-corrected chi connectivity index (χ2v) is 12.5. The normalized spacial score (nSPS) is 46.1. The molecular formula is C28H30O10. The van der Waals surface area contributed by atoms with Crippen molar-refractivity contribution in [1.29, 1.82) is 0 Å². The number of esters is 3. The maximum Gasteiger partial charge on any atom is 0.339 e. The molecule has 0 aromatic carbocycles. The monoisotopic (exact) mass is 526 g/mol. The number of ketones is 1. The van der Waals surface area contributed by atoms with Crippen molar-refractivity contribution in [1.82, 2.24) is 0 Å². The summed E-state index contributed by atoms with van der Waals surface area (Å²) in [6.45, 7) is 8.68. The highest BCUT2D eigenvalue weighted by Gasteiger charge is 2.90. The van der Waals surface area contributed by atoms with Crippen molar-refractivity contribution in [3.8, 4) is 0 Å². The second kappa shape index (κ2) is 6.96. The highest BCUT2D eigenvalue weighted by atomic mass is 16.7. The van der Waals surface area contributed by atoms with Crippen LogP contribution in [0.5, 0.6) is 0 Å². The molecule has 7 rings (SSSR count). The van der Waals surface area contributed by atoms with Crippen molar-refractivity contribution < 1.29 is 47.3 Å². The predicted molar refractivity (Wildman–Crippen MR) is 125 cm³/mol. The fourth-order valence-corrected chi connectivity index (χ4v) is 9.17. The molecule has 0 radical (unpaired) electrons. The average Bonchev–Trinajstić information content (AvgIpc) is 3.31. The molecule has 2 aliphatic carbocycles.